The summed E-state index contributed by atoms with van der Waals surface area (Å²) in [5.74, 6) is 0.662. The molecular weight excluding hydrogens is 683 g/mol. The Hall–Kier alpha value is -7.56. The minimum absolute atomic E-state index is 0.662. The van der Waals surface area contributed by atoms with E-state index in [0.29, 0.717) is 11.4 Å². The number of para-hydroxylation sites is 2. The van der Waals surface area contributed by atoms with Crippen LogP contribution in [0.15, 0.2) is 205 Å². The molecule has 0 amide bonds. The number of aromatic nitrogens is 3. The van der Waals surface area contributed by atoms with Crippen LogP contribution in [0.25, 0.3) is 106 Å². The highest BCUT2D eigenvalue weighted by Gasteiger charge is 2.19. The topological polar surface area (TPSA) is 43.9 Å². The quantitative estimate of drug-likeness (QED) is 0.172. The lowest BCUT2D eigenvalue weighted by atomic mass is 9.95. The van der Waals surface area contributed by atoms with Crippen LogP contribution >= 0.6 is 0 Å². The number of rotatable bonds is 6. The van der Waals surface area contributed by atoms with E-state index < -0.39 is 0 Å². The molecule has 56 heavy (non-hydrogen) atoms. The molecule has 0 aliphatic heterocycles. The zero-order valence-corrected chi connectivity index (χ0v) is 30.3. The number of hydrogen-bond acceptors (Lipinski definition) is 3. The normalized spacial score (nSPS) is 11.6. The number of hydrogen-bond donors (Lipinski definition) is 0. The third-order valence-corrected chi connectivity index (χ3v) is 10.8. The predicted octanol–water partition coefficient (Wildman–Crippen LogP) is 13.8. The summed E-state index contributed by atoms with van der Waals surface area (Å²) >= 11 is 0. The molecule has 0 aliphatic rings. The number of furan rings is 1. The first-order valence-electron chi connectivity index (χ1n) is 18.9. The molecule has 0 atom stereocenters. The second-order valence-corrected chi connectivity index (χ2v) is 14.2. The molecule has 4 heteroatoms. The van der Waals surface area contributed by atoms with Crippen LogP contribution < -0.4 is 0 Å². The van der Waals surface area contributed by atoms with Crippen LogP contribution in [0, 0.1) is 0 Å². The summed E-state index contributed by atoms with van der Waals surface area (Å²) in [6.45, 7) is 0. The first-order chi connectivity index (χ1) is 27.8. The second-order valence-electron chi connectivity index (χ2n) is 14.2. The molecule has 262 valence electrons. The van der Waals surface area contributed by atoms with Gasteiger partial charge in [0.25, 0.3) is 0 Å². The predicted molar refractivity (Wildman–Crippen MR) is 231 cm³/mol. The molecule has 0 spiro atoms. The lowest BCUT2D eigenvalue weighted by Gasteiger charge is -2.12. The van der Waals surface area contributed by atoms with Gasteiger partial charge in [-0.2, -0.15) is 0 Å². The first kappa shape index (κ1) is 31.9. The average molecular weight is 716 g/mol. The van der Waals surface area contributed by atoms with Crippen molar-refractivity contribution in [2.75, 3.05) is 0 Å². The van der Waals surface area contributed by atoms with Gasteiger partial charge in [0.15, 0.2) is 11.4 Å². The van der Waals surface area contributed by atoms with E-state index in [1.807, 2.05) is 36.4 Å². The summed E-state index contributed by atoms with van der Waals surface area (Å²) < 4.78 is 8.76. The summed E-state index contributed by atoms with van der Waals surface area (Å²) in [7, 11) is 0. The van der Waals surface area contributed by atoms with Gasteiger partial charge in [-0.25, -0.2) is 9.97 Å². The summed E-state index contributed by atoms with van der Waals surface area (Å²) in [5, 5.41) is 3.44. The Kier molecular flexibility index (Phi) is 7.46. The minimum atomic E-state index is 0.662. The molecule has 0 saturated heterocycles. The number of nitrogens with zero attached hydrogens (tertiary/aromatic N) is 3. The van der Waals surface area contributed by atoms with Crippen molar-refractivity contribution in [1.82, 2.24) is 14.5 Å². The van der Waals surface area contributed by atoms with Crippen molar-refractivity contribution in [3.05, 3.63) is 200 Å². The van der Waals surface area contributed by atoms with Gasteiger partial charge in [-0.3, -0.25) is 0 Å². The first-order valence-corrected chi connectivity index (χ1v) is 18.9. The molecule has 11 aromatic rings. The molecule has 0 fully saturated rings. The van der Waals surface area contributed by atoms with E-state index in [2.05, 4.69) is 168 Å². The fraction of sp³-hybridized carbons (Fsp3) is 0. The van der Waals surface area contributed by atoms with E-state index in [9.17, 15) is 0 Å². The van der Waals surface area contributed by atoms with Gasteiger partial charge >= 0.3 is 0 Å². The molecular formula is C52H33N3O. The Morgan fingerprint density at radius 2 is 0.964 bits per heavy atom. The van der Waals surface area contributed by atoms with Crippen molar-refractivity contribution in [3.8, 4) is 61.7 Å². The van der Waals surface area contributed by atoms with Crippen molar-refractivity contribution in [2.24, 2.45) is 0 Å². The second kappa shape index (κ2) is 13.1. The fourth-order valence-corrected chi connectivity index (χ4v) is 8.21. The molecule has 3 aromatic heterocycles. The summed E-state index contributed by atoms with van der Waals surface area (Å²) in [6.07, 6.45) is 0. The largest absolute Gasteiger partial charge is 0.452 e. The van der Waals surface area contributed by atoms with Crippen LogP contribution in [0.2, 0.25) is 0 Å². The Labute approximate surface area is 323 Å². The third-order valence-electron chi connectivity index (χ3n) is 10.8. The van der Waals surface area contributed by atoms with Crippen molar-refractivity contribution in [1.29, 1.82) is 0 Å². The zero-order valence-electron chi connectivity index (χ0n) is 30.3. The molecule has 0 bridgehead atoms. The molecule has 3 heterocycles. The summed E-state index contributed by atoms with van der Waals surface area (Å²) in [5.41, 5.74) is 15.5. The van der Waals surface area contributed by atoms with Crippen LogP contribution in [0.1, 0.15) is 0 Å². The molecule has 8 aromatic carbocycles. The Balaban J connectivity index is 1.03. The van der Waals surface area contributed by atoms with E-state index in [1.54, 1.807) is 0 Å². The van der Waals surface area contributed by atoms with Crippen molar-refractivity contribution < 1.29 is 4.42 Å². The molecule has 0 radical (unpaired) electrons. The zero-order chi connectivity index (χ0) is 37.0. The van der Waals surface area contributed by atoms with Gasteiger partial charge in [0.2, 0.25) is 0 Å². The molecule has 0 N–H and O–H groups in total. The fourth-order valence-electron chi connectivity index (χ4n) is 8.21. The van der Waals surface area contributed by atoms with Crippen LogP contribution in [0.5, 0.6) is 0 Å². The van der Waals surface area contributed by atoms with E-state index in [0.717, 1.165) is 55.7 Å². The molecule has 0 saturated carbocycles. The van der Waals surface area contributed by atoms with Gasteiger partial charge in [-0.05, 0) is 81.9 Å². The maximum Gasteiger partial charge on any atom is 0.180 e. The Morgan fingerprint density at radius 3 is 1.77 bits per heavy atom. The van der Waals surface area contributed by atoms with Gasteiger partial charge in [-0.1, -0.05) is 152 Å². The SMILES string of the molecule is c1ccc(-c2cccc(-n3c4ccccc4c4c(-c5cccc(-c6cccc(-c7nc(-c8ccccc8)c8oc9ccccc9c8n7)c6)c5)cccc43)c2)cc1. The van der Waals surface area contributed by atoms with E-state index in [4.69, 9.17) is 14.4 Å². The van der Waals surface area contributed by atoms with Gasteiger partial charge in [-0.15, -0.1) is 0 Å². The van der Waals surface area contributed by atoms with Gasteiger partial charge in [0.1, 0.15) is 16.8 Å². The Bertz CT molecular complexity index is 3250. The van der Waals surface area contributed by atoms with Crippen molar-refractivity contribution >= 4 is 43.9 Å². The van der Waals surface area contributed by atoms with Crippen LogP contribution in [-0.4, -0.2) is 14.5 Å². The van der Waals surface area contributed by atoms with Crippen molar-refractivity contribution in [2.45, 2.75) is 0 Å². The van der Waals surface area contributed by atoms with Crippen molar-refractivity contribution in [3.63, 3.8) is 0 Å². The van der Waals surface area contributed by atoms with Gasteiger partial charge in [0.05, 0.1) is 11.0 Å². The average Bonchev–Trinajstić information content (AvgIpc) is 3.83. The molecule has 0 unspecified atom stereocenters. The molecule has 0 aliphatic carbocycles. The lowest BCUT2D eigenvalue weighted by molar-refractivity contribution is 0.667. The van der Waals surface area contributed by atoms with Gasteiger partial charge < -0.3 is 8.98 Å². The van der Waals surface area contributed by atoms with E-state index >= 15 is 0 Å². The highest BCUT2D eigenvalue weighted by Crippen LogP contribution is 2.41. The summed E-state index contributed by atoms with van der Waals surface area (Å²) in [6, 6.07) is 70.5. The van der Waals surface area contributed by atoms with Crippen LogP contribution in [-0.2, 0) is 0 Å². The van der Waals surface area contributed by atoms with Crippen LogP contribution in [0.3, 0.4) is 0 Å². The molecule has 4 nitrogen and oxygen atoms in total. The summed E-state index contributed by atoms with van der Waals surface area (Å²) in [4.78, 5) is 10.3. The number of benzene rings is 8. The smallest absolute Gasteiger partial charge is 0.180 e. The van der Waals surface area contributed by atoms with E-state index in [-0.39, 0.29) is 0 Å². The lowest BCUT2D eigenvalue weighted by Crippen LogP contribution is -1.94. The van der Waals surface area contributed by atoms with Crippen LogP contribution in [0.4, 0.5) is 0 Å². The minimum Gasteiger partial charge on any atom is -0.452 e. The maximum absolute atomic E-state index is 6.36. The third kappa shape index (κ3) is 5.31. The standard InChI is InChI=1S/C52H33N3O/c1-3-15-34(16-4-1)38-21-13-24-41(33-38)55-45-28-9-7-25-43(45)48-42(27-14-29-46(48)55)39-22-11-19-36(31-39)37-20-12-23-40(32-37)52-53-49(35-17-5-2-6-18-35)51-50(54-52)44-26-8-10-30-47(44)56-51/h1-33H. The Morgan fingerprint density at radius 1 is 0.393 bits per heavy atom. The van der Waals surface area contributed by atoms with E-state index in [1.165, 1.54) is 38.5 Å². The van der Waals surface area contributed by atoms with Gasteiger partial charge in [0, 0.05) is 33.0 Å². The monoisotopic (exact) mass is 715 g/mol. The highest BCUT2D eigenvalue weighted by atomic mass is 16.3. The highest BCUT2D eigenvalue weighted by molar-refractivity contribution is 6.16. The number of fused-ring (bicyclic) bond motifs is 6. The molecule has 11 rings (SSSR count). The maximum atomic E-state index is 6.36.